The molecule has 0 saturated carbocycles. The van der Waals surface area contributed by atoms with E-state index in [0.29, 0.717) is 12.0 Å². The number of aliphatic hydroxyl groups is 1. The van der Waals surface area contributed by atoms with Crippen LogP contribution in [0.4, 0.5) is 0 Å². The van der Waals surface area contributed by atoms with E-state index in [4.69, 9.17) is 10.2 Å². The molecule has 0 bridgehead atoms. The van der Waals surface area contributed by atoms with E-state index >= 15 is 0 Å². The number of carbonyl (C=O) groups is 1. The third kappa shape index (κ3) is 2.00. The molecular formula is C11H12O3. The Hall–Kier alpha value is -1.61. The van der Waals surface area contributed by atoms with Gasteiger partial charge in [-0.1, -0.05) is 24.3 Å². The topological polar surface area (TPSA) is 57.5 Å². The van der Waals surface area contributed by atoms with Gasteiger partial charge in [-0.25, -0.2) is 4.79 Å². The first-order valence-electron chi connectivity index (χ1n) is 4.24. The Balaban J connectivity index is 0.000000461. The highest BCUT2D eigenvalue weighted by Gasteiger charge is 2.16. The maximum atomic E-state index is 10.6. The highest BCUT2D eigenvalue weighted by atomic mass is 16.4. The van der Waals surface area contributed by atoms with E-state index in [2.05, 4.69) is 0 Å². The summed E-state index contributed by atoms with van der Waals surface area (Å²) in [4.78, 5) is 10.6. The van der Waals surface area contributed by atoms with Crippen molar-refractivity contribution in [2.75, 3.05) is 7.11 Å². The van der Waals surface area contributed by atoms with Gasteiger partial charge in [0.15, 0.2) is 0 Å². The molecule has 0 atom stereocenters. The molecule has 1 aliphatic rings. The minimum absolute atomic E-state index is 0.483. The van der Waals surface area contributed by atoms with Crippen LogP contribution in [0.1, 0.15) is 11.1 Å². The molecule has 1 aromatic carbocycles. The fourth-order valence-electron chi connectivity index (χ4n) is 1.42. The number of carboxylic acid groups (broad SMARTS) is 1. The molecule has 2 N–H and O–H groups in total. The first-order valence-corrected chi connectivity index (χ1v) is 4.24. The van der Waals surface area contributed by atoms with Crippen molar-refractivity contribution < 1.29 is 15.0 Å². The van der Waals surface area contributed by atoms with Crippen LogP contribution in [0, 0.1) is 0 Å². The van der Waals surface area contributed by atoms with Crippen molar-refractivity contribution in [1.29, 1.82) is 0 Å². The Morgan fingerprint density at radius 2 is 1.93 bits per heavy atom. The normalized spacial score (nSPS) is 12.3. The molecule has 0 saturated heterocycles. The Morgan fingerprint density at radius 1 is 1.29 bits per heavy atom. The summed E-state index contributed by atoms with van der Waals surface area (Å²) < 4.78 is 0. The average Bonchev–Trinajstić information content (AvgIpc) is 2.64. The molecular weight excluding hydrogens is 180 g/mol. The molecule has 0 aliphatic heterocycles. The van der Waals surface area contributed by atoms with Crippen LogP contribution in [-0.2, 0) is 11.2 Å². The monoisotopic (exact) mass is 192 g/mol. The van der Waals surface area contributed by atoms with Crippen LogP contribution in [0.15, 0.2) is 29.8 Å². The number of hydrogen-bond donors (Lipinski definition) is 2. The molecule has 3 heteroatoms. The first kappa shape index (κ1) is 10.5. The number of rotatable bonds is 1. The number of benzene rings is 1. The molecule has 2 rings (SSSR count). The summed E-state index contributed by atoms with van der Waals surface area (Å²) in [5, 5.41) is 15.7. The zero-order chi connectivity index (χ0) is 10.6. The Bertz CT molecular complexity index is 367. The Kier molecular flexibility index (Phi) is 3.42. The minimum atomic E-state index is -0.814. The lowest BCUT2D eigenvalue weighted by Gasteiger charge is -1.94. The van der Waals surface area contributed by atoms with E-state index in [-0.39, 0.29) is 0 Å². The molecule has 0 aromatic heterocycles. The van der Waals surface area contributed by atoms with E-state index in [1.165, 1.54) is 0 Å². The standard InChI is InChI=1S/C10H8O2.CH4O/c11-10(12)9-5-7-3-1-2-4-8(7)6-9;1-2/h1-5H,6H2,(H,11,12);2H,1H3. The Morgan fingerprint density at radius 3 is 2.50 bits per heavy atom. The van der Waals surface area contributed by atoms with Gasteiger partial charge >= 0.3 is 5.97 Å². The van der Waals surface area contributed by atoms with E-state index in [9.17, 15) is 4.79 Å². The molecule has 3 nitrogen and oxygen atoms in total. The van der Waals surface area contributed by atoms with E-state index in [1.54, 1.807) is 6.08 Å². The van der Waals surface area contributed by atoms with Crippen LogP contribution in [0.25, 0.3) is 6.08 Å². The van der Waals surface area contributed by atoms with Gasteiger partial charge in [-0.15, -0.1) is 0 Å². The van der Waals surface area contributed by atoms with Gasteiger partial charge in [-0.2, -0.15) is 0 Å². The van der Waals surface area contributed by atoms with E-state index < -0.39 is 5.97 Å². The number of hydrogen-bond acceptors (Lipinski definition) is 2. The van der Waals surface area contributed by atoms with Crippen LogP contribution >= 0.6 is 0 Å². The highest BCUT2D eigenvalue weighted by Crippen LogP contribution is 2.24. The summed E-state index contributed by atoms with van der Waals surface area (Å²) in [5.41, 5.74) is 2.63. The van der Waals surface area contributed by atoms with Gasteiger partial charge in [0.25, 0.3) is 0 Å². The lowest BCUT2D eigenvalue weighted by molar-refractivity contribution is -0.132. The largest absolute Gasteiger partial charge is 0.478 e. The van der Waals surface area contributed by atoms with Crippen LogP contribution in [-0.4, -0.2) is 23.3 Å². The molecule has 14 heavy (non-hydrogen) atoms. The van der Waals surface area contributed by atoms with Gasteiger partial charge in [0.2, 0.25) is 0 Å². The second-order valence-corrected chi connectivity index (χ2v) is 2.85. The summed E-state index contributed by atoms with van der Waals surface area (Å²) in [5.74, 6) is -0.814. The zero-order valence-electron chi connectivity index (χ0n) is 7.90. The predicted octanol–water partition coefficient (Wildman–Crippen LogP) is 1.32. The van der Waals surface area contributed by atoms with Crippen molar-refractivity contribution in [2.24, 2.45) is 0 Å². The van der Waals surface area contributed by atoms with Crippen molar-refractivity contribution >= 4 is 12.0 Å². The van der Waals surface area contributed by atoms with Crippen molar-refractivity contribution in [3.8, 4) is 0 Å². The van der Waals surface area contributed by atoms with Gasteiger partial charge in [-0.3, -0.25) is 0 Å². The molecule has 1 aromatic rings. The number of fused-ring (bicyclic) bond motifs is 1. The molecule has 0 amide bonds. The molecule has 0 fully saturated rings. The van der Waals surface area contributed by atoms with Crippen LogP contribution in [0.3, 0.4) is 0 Å². The quantitative estimate of drug-likeness (QED) is 0.705. The number of aliphatic carboxylic acids is 1. The van der Waals surface area contributed by atoms with Gasteiger partial charge in [0.1, 0.15) is 0 Å². The molecule has 74 valence electrons. The molecule has 0 radical (unpaired) electrons. The second-order valence-electron chi connectivity index (χ2n) is 2.85. The summed E-state index contributed by atoms with van der Waals surface area (Å²) in [7, 11) is 1.00. The third-order valence-corrected chi connectivity index (χ3v) is 2.04. The lowest BCUT2D eigenvalue weighted by atomic mass is 10.1. The average molecular weight is 192 g/mol. The van der Waals surface area contributed by atoms with Crippen LogP contribution < -0.4 is 0 Å². The summed E-state index contributed by atoms with van der Waals surface area (Å²) in [6.07, 6.45) is 2.29. The molecule has 0 unspecified atom stereocenters. The van der Waals surface area contributed by atoms with Crippen molar-refractivity contribution in [2.45, 2.75) is 6.42 Å². The van der Waals surface area contributed by atoms with E-state index in [0.717, 1.165) is 18.2 Å². The number of aliphatic hydroxyl groups excluding tert-OH is 1. The summed E-state index contributed by atoms with van der Waals surface area (Å²) in [6.45, 7) is 0. The third-order valence-electron chi connectivity index (χ3n) is 2.04. The van der Waals surface area contributed by atoms with Gasteiger partial charge in [0.05, 0.1) is 0 Å². The molecule has 0 spiro atoms. The molecule has 1 aliphatic carbocycles. The van der Waals surface area contributed by atoms with Crippen LogP contribution in [0.5, 0.6) is 0 Å². The molecule has 0 heterocycles. The lowest BCUT2D eigenvalue weighted by Crippen LogP contribution is -1.99. The predicted molar refractivity (Wildman–Crippen MR) is 53.9 cm³/mol. The van der Waals surface area contributed by atoms with E-state index in [1.807, 2.05) is 24.3 Å². The van der Waals surface area contributed by atoms with Gasteiger partial charge in [0, 0.05) is 19.1 Å². The van der Waals surface area contributed by atoms with Gasteiger partial charge < -0.3 is 10.2 Å². The van der Waals surface area contributed by atoms with Crippen molar-refractivity contribution in [3.05, 3.63) is 41.0 Å². The fraction of sp³-hybridized carbons (Fsp3) is 0.182. The van der Waals surface area contributed by atoms with Crippen LogP contribution in [0.2, 0.25) is 0 Å². The highest BCUT2D eigenvalue weighted by molar-refractivity contribution is 5.95. The summed E-state index contributed by atoms with van der Waals surface area (Å²) in [6, 6.07) is 7.74. The first-order chi connectivity index (χ1) is 6.77. The zero-order valence-corrected chi connectivity index (χ0v) is 7.90. The van der Waals surface area contributed by atoms with Gasteiger partial charge in [-0.05, 0) is 17.2 Å². The fourth-order valence-corrected chi connectivity index (χ4v) is 1.42. The smallest absolute Gasteiger partial charge is 0.331 e. The SMILES string of the molecule is CO.O=C(O)C1=Cc2ccccc2C1. The maximum absolute atomic E-state index is 10.6. The van der Waals surface area contributed by atoms with Crippen molar-refractivity contribution in [3.63, 3.8) is 0 Å². The summed E-state index contributed by atoms with van der Waals surface area (Å²) >= 11 is 0. The number of carboxylic acids is 1. The Labute approximate surface area is 82.3 Å². The van der Waals surface area contributed by atoms with Crippen molar-refractivity contribution in [1.82, 2.24) is 0 Å². The maximum Gasteiger partial charge on any atom is 0.331 e. The minimum Gasteiger partial charge on any atom is -0.478 e. The second kappa shape index (κ2) is 4.58.